The molecule has 1 aliphatic carbocycles. The van der Waals surface area contributed by atoms with Gasteiger partial charge in [-0.25, -0.2) is 4.98 Å². The SMILES string of the molecule is COc1ccc(-c2nc(C=Cc3ccccc3OCC(O)CN3CCN(C4c5ccccc5CCc5ccccc54)CC3)co2)cc1. The molecule has 0 radical (unpaired) electrons. The molecule has 7 heteroatoms. The van der Waals surface area contributed by atoms with Gasteiger partial charge in [0.1, 0.15) is 36.2 Å². The molecule has 1 unspecified atom stereocenters. The first-order chi connectivity index (χ1) is 23.1. The van der Waals surface area contributed by atoms with Crippen LogP contribution in [0.1, 0.15) is 39.6 Å². The second kappa shape index (κ2) is 14.4. The zero-order valence-electron chi connectivity index (χ0n) is 26.8. The van der Waals surface area contributed by atoms with Crippen molar-refractivity contribution in [2.24, 2.45) is 0 Å². The Balaban J connectivity index is 0.938. The van der Waals surface area contributed by atoms with Crippen LogP contribution in [-0.2, 0) is 12.8 Å². The van der Waals surface area contributed by atoms with Crippen LogP contribution in [0, 0.1) is 0 Å². The third kappa shape index (κ3) is 7.18. The minimum Gasteiger partial charge on any atom is -0.497 e. The van der Waals surface area contributed by atoms with Gasteiger partial charge in [-0.3, -0.25) is 9.80 Å². The van der Waals surface area contributed by atoms with Gasteiger partial charge in [-0.05, 0) is 77.6 Å². The van der Waals surface area contributed by atoms with Crippen LogP contribution in [0.2, 0.25) is 0 Å². The van der Waals surface area contributed by atoms with E-state index in [1.54, 1.807) is 13.4 Å². The fourth-order valence-electron chi connectivity index (χ4n) is 6.78. The van der Waals surface area contributed by atoms with Gasteiger partial charge in [-0.1, -0.05) is 66.7 Å². The van der Waals surface area contributed by atoms with Crippen molar-refractivity contribution in [1.82, 2.24) is 14.8 Å². The van der Waals surface area contributed by atoms with Gasteiger partial charge in [0, 0.05) is 43.9 Å². The molecule has 4 aromatic carbocycles. The third-order valence-corrected chi connectivity index (χ3v) is 9.25. The monoisotopic (exact) mass is 627 g/mol. The summed E-state index contributed by atoms with van der Waals surface area (Å²) in [4.78, 5) is 9.58. The number of aromatic nitrogens is 1. The highest BCUT2D eigenvalue weighted by atomic mass is 16.5. The lowest BCUT2D eigenvalue weighted by atomic mass is 9.92. The quantitative estimate of drug-likeness (QED) is 0.183. The molecule has 2 heterocycles. The summed E-state index contributed by atoms with van der Waals surface area (Å²) in [5.74, 6) is 2.05. The van der Waals surface area contributed by atoms with Crippen LogP contribution in [0.3, 0.4) is 0 Å². The summed E-state index contributed by atoms with van der Waals surface area (Å²) >= 11 is 0. The third-order valence-electron chi connectivity index (χ3n) is 9.25. The summed E-state index contributed by atoms with van der Waals surface area (Å²) in [6.45, 7) is 4.53. The lowest BCUT2D eigenvalue weighted by molar-refractivity contribution is 0.0400. The molecule has 1 atom stereocenters. The minimum atomic E-state index is -0.597. The fraction of sp³-hybridized carbons (Fsp3) is 0.275. The van der Waals surface area contributed by atoms with Crippen molar-refractivity contribution >= 4 is 12.2 Å². The van der Waals surface area contributed by atoms with E-state index in [2.05, 4.69) is 63.3 Å². The Bertz CT molecular complexity index is 1760. The number of methoxy groups -OCH3 is 1. The van der Waals surface area contributed by atoms with E-state index in [0.717, 1.165) is 61.6 Å². The fourth-order valence-corrected chi connectivity index (χ4v) is 6.78. The highest BCUT2D eigenvalue weighted by Crippen LogP contribution is 2.37. The highest BCUT2D eigenvalue weighted by Gasteiger charge is 2.31. The molecule has 1 saturated heterocycles. The lowest BCUT2D eigenvalue weighted by Crippen LogP contribution is -2.50. The first-order valence-electron chi connectivity index (χ1n) is 16.4. The summed E-state index contributed by atoms with van der Waals surface area (Å²) in [5.41, 5.74) is 8.29. The Morgan fingerprint density at radius 2 is 1.49 bits per heavy atom. The second-order valence-electron chi connectivity index (χ2n) is 12.3. The largest absolute Gasteiger partial charge is 0.497 e. The van der Waals surface area contributed by atoms with Crippen LogP contribution >= 0.6 is 0 Å². The summed E-state index contributed by atoms with van der Waals surface area (Å²) in [6, 6.07) is 33.6. The number of aryl methyl sites for hydroxylation is 2. The van der Waals surface area contributed by atoms with Crippen LogP contribution in [0.25, 0.3) is 23.6 Å². The number of piperazine rings is 1. The maximum atomic E-state index is 11.0. The molecule has 240 valence electrons. The standard InChI is InChI=1S/C40H41N3O4/c1-45-35-20-17-32(18-21-35)40-41-33(27-47-40)19-16-31-10-4-7-13-38(31)46-28-34(44)26-42-22-24-43(25-23-42)39-36-11-5-2-8-29(36)14-15-30-9-3-6-12-37(30)39/h2-13,16-21,27,34,39,44H,14-15,22-26,28H2,1H3. The lowest BCUT2D eigenvalue weighted by Gasteiger charge is -2.40. The molecule has 7 nitrogen and oxygen atoms in total. The number of aliphatic hydroxyl groups excluding tert-OH is 1. The number of hydrogen-bond acceptors (Lipinski definition) is 7. The van der Waals surface area contributed by atoms with Crippen molar-refractivity contribution < 1.29 is 19.0 Å². The van der Waals surface area contributed by atoms with E-state index in [1.807, 2.05) is 60.7 Å². The molecule has 7 rings (SSSR count). The minimum absolute atomic E-state index is 0.222. The first kappa shape index (κ1) is 30.9. The van der Waals surface area contributed by atoms with Gasteiger partial charge in [-0.15, -0.1) is 0 Å². The summed E-state index contributed by atoms with van der Waals surface area (Å²) < 4.78 is 17.1. The van der Waals surface area contributed by atoms with Gasteiger partial charge in [0.15, 0.2) is 0 Å². The maximum absolute atomic E-state index is 11.0. The Labute approximate surface area is 276 Å². The molecule has 0 saturated carbocycles. The Morgan fingerprint density at radius 1 is 0.830 bits per heavy atom. The van der Waals surface area contributed by atoms with Gasteiger partial charge >= 0.3 is 0 Å². The van der Waals surface area contributed by atoms with Gasteiger partial charge < -0.3 is 19.0 Å². The van der Waals surface area contributed by atoms with Gasteiger partial charge in [-0.2, -0.15) is 0 Å². The van der Waals surface area contributed by atoms with Crippen LogP contribution in [0.15, 0.2) is 108 Å². The molecule has 2 aliphatic rings. The number of rotatable bonds is 10. The first-order valence-corrected chi connectivity index (χ1v) is 16.4. The molecule has 0 amide bonds. The normalized spacial score (nSPS) is 16.4. The van der Waals surface area contributed by atoms with Gasteiger partial charge in [0.25, 0.3) is 0 Å². The zero-order valence-corrected chi connectivity index (χ0v) is 26.8. The Kier molecular flexibility index (Phi) is 9.47. The van der Waals surface area contributed by atoms with Crippen LogP contribution in [-0.4, -0.2) is 72.4 Å². The summed E-state index contributed by atoms with van der Waals surface area (Å²) in [5, 5.41) is 11.0. The smallest absolute Gasteiger partial charge is 0.226 e. The summed E-state index contributed by atoms with van der Waals surface area (Å²) in [7, 11) is 1.64. The number of benzene rings is 4. The molecular formula is C40H41N3O4. The molecule has 1 fully saturated rings. The zero-order chi connectivity index (χ0) is 32.0. The molecule has 1 aromatic heterocycles. The summed E-state index contributed by atoms with van der Waals surface area (Å²) in [6.07, 6.45) is 7.07. The van der Waals surface area contributed by atoms with Crippen molar-refractivity contribution in [1.29, 1.82) is 0 Å². The maximum Gasteiger partial charge on any atom is 0.226 e. The van der Waals surface area contributed by atoms with Crippen molar-refractivity contribution in [3.63, 3.8) is 0 Å². The number of para-hydroxylation sites is 1. The molecule has 0 bridgehead atoms. The molecular weight excluding hydrogens is 586 g/mol. The molecule has 47 heavy (non-hydrogen) atoms. The Morgan fingerprint density at radius 3 is 2.19 bits per heavy atom. The van der Waals surface area contributed by atoms with E-state index in [1.165, 1.54) is 22.3 Å². The molecule has 5 aromatic rings. The number of fused-ring (bicyclic) bond motifs is 2. The number of oxazole rings is 1. The number of hydrogen-bond donors (Lipinski definition) is 1. The van der Waals surface area contributed by atoms with Crippen molar-refractivity contribution in [2.75, 3.05) is 46.4 Å². The van der Waals surface area contributed by atoms with Crippen LogP contribution in [0.4, 0.5) is 0 Å². The molecule has 1 N–H and O–H groups in total. The van der Waals surface area contributed by atoms with Crippen molar-refractivity contribution in [3.05, 3.63) is 137 Å². The average Bonchev–Trinajstić information content (AvgIpc) is 3.53. The van der Waals surface area contributed by atoms with E-state index < -0.39 is 6.10 Å². The second-order valence-corrected chi connectivity index (χ2v) is 12.3. The predicted octanol–water partition coefficient (Wildman–Crippen LogP) is 6.77. The number of ether oxygens (including phenoxy) is 2. The Hall–Kier alpha value is -4.69. The van der Waals surface area contributed by atoms with E-state index in [-0.39, 0.29) is 12.6 Å². The van der Waals surface area contributed by atoms with E-state index in [0.29, 0.717) is 18.1 Å². The van der Waals surface area contributed by atoms with E-state index in [9.17, 15) is 5.11 Å². The number of β-amino-alcohol motifs (C(OH)–C–C–N with tert-alkyl or cyclic N) is 1. The molecule has 0 spiro atoms. The van der Waals surface area contributed by atoms with Gasteiger partial charge in [0.2, 0.25) is 5.89 Å². The highest BCUT2D eigenvalue weighted by molar-refractivity contribution is 5.71. The number of aliphatic hydroxyl groups is 1. The van der Waals surface area contributed by atoms with Crippen molar-refractivity contribution in [2.45, 2.75) is 25.0 Å². The average molecular weight is 628 g/mol. The van der Waals surface area contributed by atoms with E-state index in [4.69, 9.17) is 13.9 Å². The topological polar surface area (TPSA) is 71.2 Å². The van der Waals surface area contributed by atoms with Gasteiger partial charge in [0.05, 0.1) is 13.2 Å². The molecule has 1 aliphatic heterocycles. The van der Waals surface area contributed by atoms with Crippen LogP contribution < -0.4 is 9.47 Å². The predicted molar refractivity (Wildman–Crippen MR) is 186 cm³/mol. The van der Waals surface area contributed by atoms with E-state index >= 15 is 0 Å². The van der Waals surface area contributed by atoms with Crippen LogP contribution in [0.5, 0.6) is 11.5 Å². The van der Waals surface area contributed by atoms with Crippen molar-refractivity contribution in [3.8, 4) is 23.0 Å². The number of nitrogens with zero attached hydrogens (tertiary/aromatic N) is 3.